The molecule has 0 aliphatic carbocycles. The third-order valence-corrected chi connectivity index (χ3v) is 7.54. The number of amides is 2. The Hall–Kier alpha value is -4.47. The average Bonchev–Trinajstić information content (AvgIpc) is 3.38. The number of carbonyl (C=O) groups is 1. The number of morpholine rings is 1. The molecule has 0 radical (unpaired) electrons. The van der Waals surface area contributed by atoms with Crippen molar-refractivity contribution in [3.63, 3.8) is 0 Å². The molecule has 2 fully saturated rings. The molecule has 2 atom stereocenters. The highest BCUT2D eigenvalue weighted by Crippen LogP contribution is 2.33. The Bertz CT molecular complexity index is 1610. The summed E-state index contributed by atoms with van der Waals surface area (Å²) in [5.41, 5.74) is 1.78. The molecule has 15 heteroatoms. The number of hydrogen-bond acceptors (Lipinski definition) is 9. The van der Waals surface area contributed by atoms with Crippen LogP contribution in [0.25, 0.3) is 22.4 Å². The average molecular weight is 626 g/mol. The van der Waals surface area contributed by atoms with Crippen LogP contribution in [0.1, 0.15) is 0 Å². The van der Waals surface area contributed by atoms with Gasteiger partial charge in [0, 0.05) is 36.6 Å². The van der Waals surface area contributed by atoms with E-state index in [0.717, 1.165) is 11.2 Å². The molecule has 2 aliphatic rings. The molecule has 4 aromatic rings. The molecule has 2 unspecified atom stereocenters. The number of anilines is 3. The lowest BCUT2D eigenvalue weighted by atomic mass is 10.1. The first kappa shape index (κ1) is 30.6. The number of benzene rings is 2. The summed E-state index contributed by atoms with van der Waals surface area (Å²) in [5, 5.41) is 13.4. The Morgan fingerprint density at radius 3 is 2.29 bits per heavy atom. The number of likely N-dealkylation sites (N-methyl/N-ethyl adjacent to an activating group) is 1. The van der Waals surface area contributed by atoms with Gasteiger partial charge >= 0.3 is 12.2 Å². The predicted molar refractivity (Wildman–Crippen MR) is 164 cm³/mol. The van der Waals surface area contributed by atoms with E-state index in [-0.39, 0.29) is 23.6 Å². The quantitative estimate of drug-likeness (QED) is 0.255. The number of alkyl halides is 3. The third kappa shape index (κ3) is 7.27. The number of hydrogen-bond donors (Lipinski definition) is 3. The fourth-order valence-corrected chi connectivity index (χ4v) is 5.40. The highest BCUT2D eigenvalue weighted by molar-refractivity contribution is 6.00. The van der Waals surface area contributed by atoms with Gasteiger partial charge in [0.15, 0.2) is 11.5 Å². The van der Waals surface area contributed by atoms with E-state index < -0.39 is 18.8 Å². The van der Waals surface area contributed by atoms with Crippen molar-refractivity contribution in [2.24, 2.45) is 0 Å². The normalized spacial score (nSPS) is 18.3. The molecule has 2 amide bonds. The Kier molecular flexibility index (Phi) is 8.74. The molecule has 12 nitrogen and oxygen atoms in total. The number of urea groups is 1. The first-order valence-electron chi connectivity index (χ1n) is 14.6. The number of fused-ring (bicyclic) bond motifs is 3. The second-order valence-electron chi connectivity index (χ2n) is 11.3. The van der Waals surface area contributed by atoms with Crippen LogP contribution in [-0.2, 0) is 11.3 Å². The van der Waals surface area contributed by atoms with Gasteiger partial charge in [-0.05, 0) is 62.6 Å². The summed E-state index contributed by atoms with van der Waals surface area (Å²) in [6, 6.07) is 13.4. The lowest BCUT2D eigenvalue weighted by Crippen LogP contribution is -2.64. The van der Waals surface area contributed by atoms with Crippen LogP contribution in [0.3, 0.4) is 0 Å². The first-order chi connectivity index (χ1) is 21.6. The van der Waals surface area contributed by atoms with E-state index >= 15 is 0 Å². The SMILES string of the molecule is CN(C)CCOc1ccc(NC(=O)Nc2ccc(-c3nc(N4C5CNCC4COC5)c4cnn(CC(F)(F)F)c4n3)cc2)cc1. The van der Waals surface area contributed by atoms with Crippen LogP contribution in [0.4, 0.5) is 35.2 Å². The number of nitrogens with one attached hydrogen (secondary N) is 3. The number of ether oxygens (including phenoxy) is 2. The summed E-state index contributed by atoms with van der Waals surface area (Å²) in [6.45, 7) is 2.33. The van der Waals surface area contributed by atoms with Crippen LogP contribution < -0.4 is 25.6 Å². The summed E-state index contributed by atoms with van der Waals surface area (Å²) in [6.07, 6.45) is -3.07. The lowest BCUT2D eigenvalue weighted by molar-refractivity contribution is -0.141. The van der Waals surface area contributed by atoms with Crippen LogP contribution in [-0.4, -0.2) is 102 Å². The van der Waals surface area contributed by atoms with Crippen molar-refractivity contribution in [3.05, 3.63) is 54.7 Å². The first-order valence-corrected chi connectivity index (χ1v) is 14.6. The number of carbonyl (C=O) groups excluding carboxylic acids is 1. The van der Waals surface area contributed by atoms with Crippen molar-refractivity contribution in [3.8, 4) is 17.1 Å². The van der Waals surface area contributed by atoms with E-state index in [9.17, 15) is 18.0 Å². The monoisotopic (exact) mass is 625 g/mol. The zero-order valence-corrected chi connectivity index (χ0v) is 24.8. The van der Waals surface area contributed by atoms with Crippen molar-refractivity contribution in [1.82, 2.24) is 30.0 Å². The Morgan fingerprint density at radius 2 is 1.67 bits per heavy atom. The largest absolute Gasteiger partial charge is 0.492 e. The van der Waals surface area contributed by atoms with E-state index in [0.29, 0.717) is 66.8 Å². The van der Waals surface area contributed by atoms with Crippen LogP contribution >= 0.6 is 0 Å². The fraction of sp³-hybridized carbons (Fsp3) is 0.400. The summed E-state index contributed by atoms with van der Waals surface area (Å²) >= 11 is 0. The molecule has 0 spiro atoms. The van der Waals surface area contributed by atoms with Gasteiger partial charge in [-0.1, -0.05) is 0 Å². The highest BCUT2D eigenvalue weighted by atomic mass is 19.4. The number of aromatic nitrogens is 4. The zero-order chi connectivity index (χ0) is 31.6. The summed E-state index contributed by atoms with van der Waals surface area (Å²) < 4.78 is 52.5. The van der Waals surface area contributed by atoms with Crippen molar-refractivity contribution >= 4 is 34.3 Å². The van der Waals surface area contributed by atoms with Gasteiger partial charge in [0.2, 0.25) is 0 Å². The second-order valence-corrected chi connectivity index (χ2v) is 11.3. The van der Waals surface area contributed by atoms with E-state index in [1.165, 1.54) is 6.20 Å². The number of rotatable bonds is 9. The highest BCUT2D eigenvalue weighted by Gasteiger charge is 2.38. The van der Waals surface area contributed by atoms with Gasteiger partial charge in [0.05, 0.1) is 36.9 Å². The van der Waals surface area contributed by atoms with Gasteiger partial charge in [-0.25, -0.2) is 19.4 Å². The summed E-state index contributed by atoms with van der Waals surface area (Å²) in [5.74, 6) is 1.48. The van der Waals surface area contributed by atoms with Gasteiger partial charge in [0.25, 0.3) is 0 Å². The topological polar surface area (TPSA) is 122 Å². The molecule has 2 saturated heterocycles. The van der Waals surface area contributed by atoms with Crippen LogP contribution in [0.2, 0.25) is 0 Å². The molecule has 2 aromatic heterocycles. The van der Waals surface area contributed by atoms with Crippen LogP contribution in [0.15, 0.2) is 54.7 Å². The van der Waals surface area contributed by atoms with Gasteiger partial charge in [-0.15, -0.1) is 0 Å². The summed E-state index contributed by atoms with van der Waals surface area (Å²) in [4.78, 5) is 26.2. The molecule has 6 rings (SSSR count). The second kappa shape index (κ2) is 12.9. The number of halogens is 3. The fourth-order valence-electron chi connectivity index (χ4n) is 5.40. The molecule has 2 aliphatic heterocycles. The van der Waals surface area contributed by atoms with E-state index in [1.807, 2.05) is 19.0 Å². The van der Waals surface area contributed by atoms with Crippen LogP contribution in [0.5, 0.6) is 5.75 Å². The third-order valence-electron chi connectivity index (χ3n) is 7.54. The molecule has 45 heavy (non-hydrogen) atoms. The maximum atomic E-state index is 13.4. The molecule has 3 N–H and O–H groups in total. The van der Waals surface area contributed by atoms with Crippen molar-refractivity contribution in [1.29, 1.82) is 0 Å². The molecular formula is C30H34F3N9O3. The van der Waals surface area contributed by atoms with Gasteiger partial charge in [-0.3, -0.25) is 0 Å². The Morgan fingerprint density at radius 1 is 1.02 bits per heavy atom. The van der Waals surface area contributed by atoms with Crippen molar-refractivity contribution in [2.45, 2.75) is 24.8 Å². The molecule has 2 bridgehead atoms. The van der Waals surface area contributed by atoms with E-state index in [4.69, 9.17) is 14.5 Å². The van der Waals surface area contributed by atoms with Gasteiger partial charge in [-0.2, -0.15) is 18.3 Å². The summed E-state index contributed by atoms with van der Waals surface area (Å²) in [7, 11) is 3.94. The van der Waals surface area contributed by atoms with Crippen molar-refractivity contribution in [2.75, 3.05) is 69.1 Å². The molecular weight excluding hydrogens is 591 g/mol. The van der Waals surface area contributed by atoms with Gasteiger partial charge < -0.3 is 35.2 Å². The molecule has 4 heterocycles. The smallest absolute Gasteiger partial charge is 0.408 e. The molecule has 0 saturated carbocycles. The minimum atomic E-state index is -4.47. The number of nitrogens with zero attached hydrogens (tertiary/aromatic N) is 6. The standard InChI is InChI=1S/C30H34F3N9O3/c1-40(2)11-12-45-24-9-7-21(8-10-24)37-29(43)36-20-5-3-19(4-6-20)26-38-27-25(15-35-41(27)18-30(31,32)33)28(39-26)42-22-13-34-14-23(42)17-44-16-22/h3-10,15,22-23,34H,11-14,16-18H2,1-2H3,(H2,36,37,43). The zero-order valence-electron chi connectivity index (χ0n) is 24.8. The Labute approximate surface area is 257 Å². The molecule has 2 aromatic carbocycles. The molecule has 238 valence electrons. The van der Waals surface area contributed by atoms with Crippen LogP contribution in [0, 0.1) is 0 Å². The maximum absolute atomic E-state index is 13.4. The lowest BCUT2D eigenvalue weighted by Gasteiger charge is -2.46. The van der Waals surface area contributed by atoms with Crippen molar-refractivity contribution < 1.29 is 27.4 Å². The van der Waals surface area contributed by atoms with Gasteiger partial charge in [0.1, 0.15) is 24.7 Å². The van der Waals surface area contributed by atoms with E-state index in [2.05, 4.69) is 30.9 Å². The maximum Gasteiger partial charge on any atom is 0.408 e. The number of piperazine rings is 1. The predicted octanol–water partition coefficient (Wildman–Crippen LogP) is 3.82. The Balaban J connectivity index is 1.20. The van der Waals surface area contributed by atoms with E-state index in [1.54, 1.807) is 48.5 Å². The minimum absolute atomic E-state index is 0.0358. The minimum Gasteiger partial charge on any atom is -0.492 e.